The minimum atomic E-state index is -1.85. The van der Waals surface area contributed by atoms with E-state index in [4.69, 9.17) is 16.3 Å². The number of nitro groups is 1. The van der Waals surface area contributed by atoms with Crippen LogP contribution in [-0.2, 0) is 35.4 Å². The number of allylic oxidation sites excluding steroid dienone is 2. The van der Waals surface area contributed by atoms with Crippen LogP contribution < -0.4 is 10.6 Å². The number of nitro benzene ring substituents is 1. The van der Waals surface area contributed by atoms with Crippen LogP contribution in [0.1, 0.15) is 18.2 Å². The van der Waals surface area contributed by atoms with E-state index in [-0.39, 0.29) is 40.4 Å². The van der Waals surface area contributed by atoms with Gasteiger partial charge in [-0.3, -0.25) is 29.4 Å². The number of rotatable bonds is 13. The summed E-state index contributed by atoms with van der Waals surface area (Å²) >= 11 is 8.03. The van der Waals surface area contributed by atoms with Gasteiger partial charge in [-0.1, -0.05) is 17.3 Å². The van der Waals surface area contributed by atoms with Crippen LogP contribution in [-0.4, -0.2) is 74.1 Å². The van der Waals surface area contributed by atoms with Gasteiger partial charge in [0, 0.05) is 36.1 Å². The van der Waals surface area contributed by atoms with E-state index in [1.54, 1.807) is 12.2 Å². The highest BCUT2D eigenvalue weighted by Gasteiger charge is 2.54. The van der Waals surface area contributed by atoms with E-state index in [9.17, 15) is 33.7 Å². The zero-order valence-corrected chi connectivity index (χ0v) is 24.5. The molecular weight excluding hydrogens is 631 g/mol. The normalized spacial score (nSPS) is 18.9. The quantitative estimate of drug-likeness (QED) is 0.0621. The van der Waals surface area contributed by atoms with Crippen molar-refractivity contribution in [2.24, 2.45) is 5.16 Å². The van der Waals surface area contributed by atoms with Gasteiger partial charge >= 0.3 is 5.97 Å². The lowest BCUT2D eigenvalue weighted by Gasteiger charge is -2.49. The molecule has 1 saturated heterocycles. The highest BCUT2D eigenvalue weighted by molar-refractivity contribution is 8.00. The topological polar surface area (TPSA) is 182 Å². The lowest BCUT2D eigenvalue weighted by atomic mass is 10.0. The summed E-state index contributed by atoms with van der Waals surface area (Å²) in [5, 5.41) is 20.1. The SMILES string of the molecule is CC(F)O/N=C(\C(=O)N[C@@H]1C(=O)N2C(C(=O)OCc3ccc([N+](=O)[O-])cc3)=C(/C=C/CCl)CS[C@@H]12)c1csc(NC=O)n1. The van der Waals surface area contributed by atoms with Crippen LogP contribution in [0.3, 0.4) is 0 Å². The molecule has 4 rings (SSSR count). The number of thioether (sulfide) groups is 1. The van der Waals surface area contributed by atoms with Crippen molar-refractivity contribution < 1.29 is 38.1 Å². The predicted molar refractivity (Wildman–Crippen MR) is 155 cm³/mol. The van der Waals surface area contributed by atoms with Crippen LogP contribution in [0, 0.1) is 10.1 Å². The monoisotopic (exact) mass is 652 g/mol. The fourth-order valence-electron chi connectivity index (χ4n) is 3.92. The predicted octanol–water partition coefficient (Wildman–Crippen LogP) is 2.85. The van der Waals surface area contributed by atoms with E-state index < -0.39 is 46.2 Å². The third-order valence-electron chi connectivity index (χ3n) is 5.84. The number of non-ortho nitro benzene ring substituents is 1. The first kappa shape index (κ1) is 31.6. The largest absolute Gasteiger partial charge is 0.456 e. The molecule has 43 heavy (non-hydrogen) atoms. The van der Waals surface area contributed by atoms with E-state index in [0.29, 0.717) is 17.5 Å². The second kappa shape index (κ2) is 14.2. The average molecular weight is 653 g/mol. The number of halogens is 2. The molecule has 2 aliphatic heterocycles. The van der Waals surface area contributed by atoms with Crippen molar-refractivity contribution >= 4 is 75.4 Å². The fourth-order valence-corrected chi connectivity index (χ4v) is 5.98. The number of β-lactam (4-membered cyclic amide) rings is 1. The number of thiazole rings is 1. The molecule has 2 aliphatic rings. The molecule has 18 heteroatoms. The average Bonchev–Trinajstić information content (AvgIpc) is 3.45. The second-order valence-electron chi connectivity index (χ2n) is 8.68. The molecule has 0 saturated carbocycles. The Hall–Kier alpha value is -4.35. The second-order valence-corrected chi connectivity index (χ2v) is 11.0. The van der Waals surface area contributed by atoms with Gasteiger partial charge in [0.15, 0.2) is 10.8 Å². The van der Waals surface area contributed by atoms with Gasteiger partial charge in [0.05, 0.1) is 4.92 Å². The van der Waals surface area contributed by atoms with E-state index >= 15 is 0 Å². The first-order valence-electron chi connectivity index (χ1n) is 12.3. The van der Waals surface area contributed by atoms with Gasteiger partial charge in [0.25, 0.3) is 23.9 Å². The molecule has 0 radical (unpaired) electrons. The molecule has 1 aromatic carbocycles. The van der Waals surface area contributed by atoms with Crippen molar-refractivity contribution in [3.8, 4) is 0 Å². The number of anilines is 1. The number of esters is 1. The van der Waals surface area contributed by atoms with Crippen LogP contribution in [0.4, 0.5) is 15.2 Å². The Morgan fingerprint density at radius 1 is 1.37 bits per heavy atom. The van der Waals surface area contributed by atoms with Gasteiger partial charge in [0.1, 0.15) is 29.4 Å². The molecule has 3 amide bonds. The van der Waals surface area contributed by atoms with E-state index in [0.717, 1.165) is 18.3 Å². The number of carbonyl (C=O) groups excluding carboxylic acids is 4. The molecule has 1 aromatic heterocycles. The fraction of sp³-hybridized carbons (Fsp3) is 0.280. The third kappa shape index (κ3) is 7.36. The summed E-state index contributed by atoms with van der Waals surface area (Å²) in [7, 11) is 0. The van der Waals surface area contributed by atoms with Gasteiger partial charge in [-0.2, -0.15) is 4.39 Å². The number of alkyl halides is 2. The first-order valence-corrected chi connectivity index (χ1v) is 14.8. The Bertz CT molecular complexity index is 1510. The maximum absolute atomic E-state index is 13.4. The van der Waals surface area contributed by atoms with Crippen LogP contribution in [0.15, 0.2) is 58.2 Å². The summed E-state index contributed by atoms with van der Waals surface area (Å²) in [5.74, 6) is -1.92. The Morgan fingerprint density at radius 2 is 2.12 bits per heavy atom. The minimum Gasteiger partial charge on any atom is -0.456 e. The highest BCUT2D eigenvalue weighted by Crippen LogP contribution is 2.41. The summed E-state index contributed by atoms with van der Waals surface area (Å²) in [6.45, 7) is 0.838. The summed E-state index contributed by atoms with van der Waals surface area (Å²) < 4.78 is 18.8. The van der Waals surface area contributed by atoms with Crippen molar-refractivity contribution in [3.63, 3.8) is 0 Å². The van der Waals surface area contributed by atoms with Gasteiger partial charge in [-0.15, -0.1) is 34.7 Å². The molecule has 0 spiro atoms. The van der Waals surface area contributed by atoms with Gasteiger partial charge in [-0.05, 0) is 23.3 Å². The maximum atomic E-state index is 13.4. The Labute approximate surface area is 256 Å². The molecule has 226 valence electrons. The third-order valence-corrected chi connectivity index (χ3v) is 8.09. The number of amides is 3. The summed E-state index contributed by atoms with van der Waals surface area (Å²) in [4.78, 5) is 70.6. The lowest BCUT2D eigenvalue weighted by Crippen LogP contribution is -2.71. The van der Waals surface area contributed by atoms with Crippen LogP contribution in [0.2, 0.25) is 0 Å². The zero-order chi connectivity index (χ0) is 31.1. The Kier molecular flexibility index (Phi) is 10.4. The number of nitrogens with one attached hydrogen (secondary N) is 2. The van der Waals surface area contributed by atoms with Crippen molar-refractivity contribution in [2.75, 3.05) is 16.9 Å². The van der Waals surface area contributed by atoms with E-state index in [1.165, 1.54) is 46.3 Å². The molecule has 3 atom stereocenters. The summed E-state index contributed by atoms with van der Waals surface area (Å²) in [6, 6.07) is 4.35. The number of fused-ring (bicyclic) bond motifs is 1. The standard InChI is InChI=1S/C25H22ClFN6O8S2/c1-13(27)41-31-18(17-11-43-25(29-17)28-12-34)21(35)30-19-22(36)32-20(15(3-2-8-26)10-42-23(19)32)24(37)40-9-14-4-6-16(7-5-14)33(38)39/h2-7,11-13,19,23H,8-10H2,1H3,(H,30,35)(H,28,29,34)/b3-2+,31-18-/t13?,19-,23+/m1/s1. The van der Waals surface area contributed by atoms with E-state index in [2.05, 4.69) is 25.6 Å². The van der Waals surface area contributed by atoms with Crippen LogP contribution in [0.5, 0.6) is 0 Å². The molecule has 1 unspecified atom stereocenters. The van der Waals surface area contributed by atoms with Crippen molar-refractivity contribution in [3.05, 3.63) is 74.4 Å². The molecule has 14 nitrogen and oxygen atoms in total. The molecule has 1 fully saturated rings. The smallest absolute Gasteiger partial charge is 0.355 e. The Morgan fingerprint density at radius 3 is 2.77 bits per heavy atom. The maximum Gasteiger partial charge on any atom is 0.355 e. The zero-order valence-electron chi connectivity index (χ0n) is 22.1. The number of oxime groups is 1. The van der Waals surface area contributed by atoms with E-state index in [1.807, 2.05) is 0 Å². The molecule has 2 N–H and O–H groups in total. The number of ether oxygens (including phenoxy) is 1. The van der Waals surface area contributed by atoms with Crippen LogP contribution in [0.25, 0.3) is 0 Å². The van der Waals surface area contributed by atoms with Crippen molar-refractivity contribution in [2.45, 2.75) is 31.3 Å². The molecule has 3 heterocycles. The van der Waals surface area contributed by atoms with Gasteiger partial charge < -0.3 is 20.2 Å². The van der Waals surface area contributed by atoms with Crippen molar-refractivity contribution in [1.29, 1.82) is 0 Å². The first-order chi connectivity index (χ1) is 20.6. The van der Waals surface area contributed by atoms with Gasteiger partial charge in [0.2, 0.25) is 6.41 Å². The molecule has 0 aliphatic carbocycles. The highest BCUT2D eigenvalue weighted by atomic mass is 35.5. The number of hydrogen-bond donors (Lipinski definition) is 2. The number of hydrogen-bond acceptors (Lipinski definition) is 12. The van der Waals surface area contributed by atoms with Crippen molar-refractivity contribution in [1.82, 2.24) is 15.2 Å². The lowest BCUT2D eigenvalue weighted by molar-refractivity contribution is -0.384. The summed E-state index contributed by atoms with van der Waals surface area (Å²) in [5.41, 5.74) is 0.343. The number of carbonyl (C=O) groups is 4. The summed E-state index contributed by atoms with van der Waals surface area (Å²) in [6.07, 6.45) is 1.74. The number of benzene rings is 1. The molecular formula is C25H22ClFN6O8S2. The molecule has 2 aromatic rings. The van der Waals surface area contributed by atoms with Gasteiger partial charge in [-0.25, -0.2) is 9.78 Å². The molecule has 0 bridgehead atoms. The van der Waals surface area contributed by atoms with Crippen LogP contribution >= 0.6 is 34.7 Å². The number of aromatic nitrogens is 1. The number of nitrogens with zero attached hydrogens (tertiary/aromatic N) is 4. The minimum absolute atomic E-state index is 0.0312. The Balaban J connectivity index is 1.51.